The molecule has 0 aromatic rings. The number of hydrogen-bond donors (Lipinski definition) is 2. The Kier molecular flexibility index (Phi) is 4.64. The van der Waals surface area contributed by atoms with Gasteiger partial charge >= 0.3 is 5.97 Å². The van der Waals surface area contributed by atoms with Gasteiger partial charge in [-0.05, 0) is 12.8 Å². The number of amides is 1. The molecule has 0 radical (unpaired) electrons. The van der Waals surface area contributed by atoms with Crippen molar-refractivity contribution >= 4 is 21.7 Å². The summed E-state index contributed by atoms with van der Waals surface area (Å²) in [6.07, 6.45) is 2.24. The first kappa shape index (κ1) is 15.2. The molecule has 8 heteroatoms. The quantitative estimate of drug-likeness (QED) is 0.668. The Hall–Kier alpha value is -1.15. The normalized spacial score (nSPS) is 25.4. The van der Waals surface area contributed by atoms with Crippen LogP contribution in [0.3, 0.4) is 0 Å². The SMILES string of the molecule is O=C(O)CC1CS(=O)(=O)CCN1C(=O)CCNC1CC1. The largest absolute Gasteiger partial charge is 0.481 e. The molecule has 0 bridgehead atoms. The Morgan fingerprint density at radius 1 is 1.30 bits per heavy atom. The third-order valence-corrected chi connectivity index (χ3v) is 5.31. The van der Waals surface area contributed by atoms with Gasteiger partial charge in [0.05, 0.1) is 24.0 Å². The third kappa shape index (κ3) is 4.45. The van der Waals surface area contributed by atoms with Gasteiger partial charge in [0.15, 0.2) is 9.84 Å². The number of nitrogens with zero attached hydrogens (tertiary/aromatic N) is 1. The van der Waals surface area contributed by atoms with Crippen LogP contribution in [-0.4, -0.2) is 67.0 Å². The number of carbonyl (C=O) groups is 2. The fourth-order valence-corrected chi connectivity index (χ4v) is 3.93. The fraction of sp³-hybridized carbons (Fsp3) is 0.833. The zero-order valence-corrected chi connectivity index (χ0v) is 12.1. The van der Waals surface area contributed by atoms with Gasteiger partial charge in [-0.15, -0.1) is 0 Å². The van der Waals surface area contributed by atoms with E-state index < -0.39 is 21.8 Å². The van der Waals surface area contributed by atoms with Crippen molar-refractivity contribution in [1.82, 2.24) is 10.2 Å². The Bertz CT molecular complexity index is 486. The summed E-state index contributed by atoms with van der Waals surface area (Å²) >= 11 is 0. The summed E-state index contributed by atoms with van der Waals surface area (Å²) in [7, 11) is -3.24. The van der Waals surface area contributed by atoms with Crippen LogP contribution in [0, 0.1) is 0 Å². The molecule has 0 spiro atoms. The topological polar surface area (TPSA) is 104 Å². The molecule has 1 aliphatic heterocycles. The Labute approximate surface area is 118 Å². The highest BCUT2D eigenvalue weighted by molar-refractivity contribution is 7.91. The highest BCUT2D eigenvalue weighted by atomic mass is 32.2. The Morgan fingerprint density at radius 2 is 2.00 bits per heavy atom. The minimum absolute atomic E-state index is 0.0785. The third-order valence-electron chi connectivity index (χ3n) is 3.61. The summed E-state index contributed by atoms with van der Waals surface area (Å²) in [6.45, 7) is 0.662. The standard InChI is InChI=1S/C12H20N2O5S/c15-11(3-4-13-9-1-2-9)14-5-6-20(18,19)8-10(14)7-12(16)17/h9-10,13H,1-8H2,(H,16,17). The van der Waals surface area contributed by atoms with Crippen molar-refractivity contribution in [3.8, 4) is 0 Å². The molecule has 1 unspecified atom stereocenters. The van der Waals surface area contributed by atoms with Gasteiger partial charge in [0.2, 0.25) is 5.91 Å². The Morgan fingerprint density at radius 3 is 2.60 bits per heavy atom. The predicted molar refractivity (Wildman–Crippen MR) is 72.0 cm³/mol. The van der Waals surface area contributed by atoms with Crippen LogP contribution in [0.4, 0.5) is 0 Å². The minimum Gasteiger partial charge on any atom is -0.481 e. The van der Waals surface area contributed by atoms with E-state index in [1.807, 2.05) is 0 Å². The maximum absolute atomic E-state index is 12.1. The van der Waals surface area contributed by atoms with Crippen molar-refractivity contribution < 1.29 is 23.1 Å². The van der Waals surface area contributed by atoms with E-state index in [0.717, 1.165) is 12.8 Å². The van der Waals surface area contributed by atoms with Gasteiger partial charge in [0.25, 0.3) is 0 Å². The van der Waals surface area contributed by atoms with E-state index >= 15 is 0 Å². The van der Waals surface area contributed by atoms with Crippen LogP contribution in [0.1, 0.15) is 25.7 Å². The first-order valence-corrected chi connectivity index (χ1v) is 8.64. The van der Waals surface area contributed by atoms with E-state index in [0.29, 0.717) is 12.6 Å². The lowest BCUT2D eigenvalue weighted by Crippen LogP contribution is -2.52. The van der Waals surface area contributed by atoms with Crippen molar-refractivity contribution in [2.24, 2.45) is 0 Å². The molecule has 1 aliphatic carbocycles. The lowest BCUT2D eigenvalue weighted by Gasteiger charge is -2.34. The van der Waals surface area contributed by atoms with Gasteiger partial charge in [-0.25, -0.2) is 8.42 Å². The number of carboxylic acid groups (broad SMARTS) is 1. The molecule has 20 heavy (non-hydrogen) atoms. The summed E-state index contributed by atoms with van der Waals surface area (Å²) < 4.78 is 23.2. The molecule has 1 amide bonds. The second-order valence-corrected chi connectivity index (χ2v) is 7.66. The van der Waals surface area contributed by atoms with E-state index in [9.17, 15) is 18.0 Å². The number of carbonyl (C=O) groups excluding carboxylic acids is 1. The summed E-state index contributed by atoms with van der Waals surface area (Å²) in [4.78, 5) is 24.3. The predicted octanol–water partition coefficient (Wildman–Crippen LogP) is -0.771. The maximum Gasteiger partial charge on any atom is 0.305 e. The minimum atomic E-state index is -3.24. The fourth-order valence-electron chi connectivity index (χ4n) is 2.40. The molecule has 1 saturated heterocycles. The number of rotatable bonds is 6. The average Bonchev–Trinajstić information content (AvgIpc) is 3.11. The molecule has 1 heterocycles. The average molecular weight is 304 g/mol. The maximum atomic E-state index is 12.1. The zero-order valence-electron chi connectivity index (χ0n) is 11.2. The van der Waals surface area contributed by atoms with Gasteiger partial charge < -0.3 is 15.3 Å². The molecular formula is C12H20N2O5S. The molecule has 2 N–H and O–H groups in total. The van der Waals surface area contributed by atoms with Crippen LogP contribution in [0.5, 0.6) is 0 Å². The molecule has 2 aliphatic rings. The second-order valence-electron chi connectivity index (χ2n) is 5.43. The van der Waals surface area contributed by atoms with Crippen LogP contribution in [0.25, 0.3) is 0 Å². The number of aliphatic carboxylic acids is 1. The van der Waals surface area contributed by atoms with Crippen LogP contribution >= 0.6 is 0 Å². The van der Waals surface area contributed by atoms with E-state index in [4.69, 9.17) is 5.11 Å². The number of sulfone groups is 1. The number of hydrogen-bond acceptors (Lipinski definition) is 5. The summed E-state index contributed by atoms with van der Waals surface area (Å²) in [6, 6.07) is -0.223. The van der Waals surface area contributed by atoms with Crippen molar-refractivity contribution in [2.75, 3.05) is 24.6 Å². The molecule has 1 saturated carbocycles. The Balaban J connectivity index is 1.91. The number of nitrogens with one attached hydrogen (secondary N) is 1. The summed E-state index contributed by atoms with van der Waals surface area (Å²) in [5.41, 5.74) is 0. The van der Waals surface area contributed by atoms with Gasteiger partial charge in [0, 0.05) is 25.6 Å². The van der Waals surface area contributed by atoms with Crippen LogP contribution in [0.2, 0.25) is 0 Å². The molecule has 1 atom stereocenters. The van der Waals surface area contributed by atoms with Gasteiger partial charge in [-0.2, -0.15) is 0 Å². The van der Waals surface area contributed by atoms with Crippen molar-refractivity contribution in [3.63, 3.8) is 0 Å². The smallest absolute Gasteiger partial charge is 0.305 e. The van der Waals surface area contributed by atoms with Crippen LogP contribution in [0.15, 0.2) is 0 Å². The van der Waals surface area contributed by atoms with Gasteiger partial charge in [0.1, 0.15) is 0 Å². The van der Waals surface area contributed by atoms with E-state index in [1.165, 1.54) is 4.90 Å². The molecule has 2 rings (SSSR count). The number of carboxylic acids is 1. The van der Waals surface area contributed by atoms with Crippen molar-refractivity contribution in [1.29, 1.82) is 0 Å². The molecule has 2 fully saturated rings. The monoisotopic (exact) mass is 304 g/mol. The van der Waals surface area contributed by atoms with Crippen molar-refractivity contribution in [2.45, 2.75) is 37.8 Å². The highest BCUT2D eigenvalue weighted by Gasteiger charge is 2.35. The summed E-state index contributed by atoms with van der Waals surface area (Å²) in [5.74, 6) is -1.58. The summed E-state index contributed by atoms with van der Waals surface area (Å²) in [5, 5.41) is 12.1. The van der Waals surface area contributed by atoms with Gasteiger partial charge in [-0.1, -0.05) is 0 Å². The lowest BCUT2D eigenvalue weighted by atomic mass is 10.2. The van der Waals surface area contributed by atoms with E-state index in [-0.39, 0.29) is 36.8 Å². The molecule has 0 aromatic carbocycles. The molecule has 114 valence electrons. The van der Waals surface area contributed by atoms with Crippen LogP contribution in [-0.2, 0) is 19.4 Å². The molecule has 7 nitrogen and oxygen atoms in total. The lowest BCUT2D eigenvalue weighted by molar-refractivity contribution is -0.140. The first-order chi connectivity index (χ1) is 9.37. The molecular weight excluding hydrogens is 284 g/mol. The molecule has 0 aromatic heterocycles. The zero-order chi connectivity index (χ0) is 14.8. The van der Waals surface area contributed by atoms with Crippen LogP contribution < -0.4 is 5.32 Å². The highest BCUT2D eigenvalue weighted by Crippen LogP contribution is 2.19. The van der Waals surface area contributed by atoms with Crippen molar-refractivity contribution in [3.05, 3.63) is 0 Å². The van der Waals surface area contributed by atoms with Gasteiger partial charge in [-0.3, -0.25) is 9.59 Å². The first-order valence-electron chi connectivity index (χ1n) is 6.82. The van der Waals surface area contributed by atoms with E-state index in [2.05, 4.69) is 5.32 Å². The van der Waals surface area contributed by atoms with E-state index in [1.54, 1.807) is 0 Å². The second kappa shape index (κ2) is 6.09.